The molecular weight excluding hydrogens is 218 g/mol. The summed E-state index contributed by atoms with van der Waals surface area (Å²) >= 11 is 0. The molecule has 0 bridgehead atoms. The quantitative estimate of drug-likeness (QED) is 0.775. The Kier molecular flexibility index (Phi) is 4.84. The first-order valence-corrected chi connectivity index (χ1v) is 5.51. The second-order valence-electron chi connectivity index (χ2n) is 3.99. The predicted octanol–water partition coefficient (Wildman–Crippen LogP) is 1.08. The van der Waals surface area contributed by atoms with E-state index in [-0.39, 0.29) is 5.78 Å². The van der Waals surface area contributed by atoms with E-state index in [0.29, 0.717) is 6.42 Å². The van der Waals surface area contributed by atoms with Crippen LogP contribution in [0.3, 0.4) is 0 Å². The number of carbonyl (C=O) groups excluding carboxylic acids is 2. The zero-order chi connectivity index (χ0) is 12.8. The maximum absolute atomic E-state index is 11.6. The van der Waals surface area contributed by atoms with Gasteiger partial charge >= 0.3 is 5.97 Å². The van der Waals surface area contributed by atoms with Crippen molar-refractivity contribution in [3.63, 3.8) is 0 Å². The predicted molar refractivity (Wildman–Crippen MR) is 64.4 cm³/mol. The summed E-state index contributed by atoms with van der Waals surface area (Å²) in [6.45, 7) is 2.91. The van der Waals surface area contributed by atoms with Crippen molar-refractivity contribution in [3.05, 3.63) is 35.9 Å². The van der Waals surface area contributed by atoms with E-state index in [1.807, 2.05) is 30.3 Å². The standard InChI is InChI=1S/C13H17NO3/c1-9(15)10(2)17-13(16)12(14)8-11-6-4-3-5-7-11/h3-7,10,12H,8,14H2,1-2H3/t10-,12-/m0/s1. The van der Waals surface area contributed by atoms with Crippen LogP contribution in [0.5, 0.6) is 0 Å². The number of hydrogen-bond donors (Lipinski definition) is 1. The van der Waals surface area contributed by atoms with Crippen LogP contribution in [-0.4, -0.2) is 23.9 Å². The Hall–Kier alpha value is -1.68. The van der Waals surface area contributed by atoms with Crippen LogP contribution in [0.25, 0.3) is 0 Å². The monoisotopic (exact) mass is 235 g/mol. The van der Waals surface area contributed by atoms with Gasteiger partial charge in [-0.15, -0.1) is 0 Å². The van der Waals surface area contributed by atoms with Crippen molar-refractivity contribution >= 4 is 11.8 Å². The van der Waals surface area contributed by atoms with E-state index >= 15 is 0 Å². The molecule has 0 aliphatic rings. The second kappa shape index (κ2) is 6.15. The van der Waals surface area contributed by atoms with Crippen molar-refractivity contribution in [2.24, 2.45) is 5.73 Å². The third-order valence-electron chi connectivity index (χ3n) is 2.47. The zero-order valence-corrected chi connectivity index (χ0v) is 10.1. The van der Waals surface area contributed by atoms with Gasteiger partial charge in [0, 0.05) is 0 Å². The van der Waals surface area contributed by atoms with Crippen LogP contribution in [0.15, 0.2) is 30.3 Å². The molecule has 0 unspecified atom stereocenters. The first-order chi connectivity index (χ1) is 8.00. The van der Waals surface area contributed by atoms with Crippen molar-refractivity contribution in [2.75, 3.05) is 0 Å². The summed E-state index contributed by atoms with van der Waals surface area (Å²) in [7, 11) is 0. The van der Waals surface area contributed by atoms with Gasteiger partial charge in [0.05, 0.1) is 0 Å². The molecule has 0 saturated heterocycles. The summed E-state index contributed by atoms with van der Waals surface area (Å²) < 4.78 is 4.93. The molecule has 0 heterocycles. The molecule has 1 aromatic rings. The number of Topliss-reactive ketones (excluding diaryl/α,β-unsaturated/α-hetero) is 1. The molecule has 92 valence electrons. The van der Waals surface area contributed by atoms with Crippen LogP contribution in [0.2, 0.25) is 0 Å². The van der Waals surface area contributed by atoms with Crippen molar-refractivity contribution < 1.29 is 14.3 Å². The van der Waals surface area contributed by atoms with E-state index in [1.165, 1.54) is 13.8 Å². The molecule has 1 rings (SSSR count). The zero-order valence-electron chi connectivity index (χ0n) is 10.1. The molecule has 0 radical (unpaired) electrons. The van der Waals surface area contributed by atoms with E-state index in [9.17, 15) is 9.59 Å². The van der Waals surface area contributed by atoms with Gasteiger partial charge in [0.25, 0.3) is 0 Å². The van der Waals surface area contributed by atoms with E-state index in [1.54, 1.807) is 0 Å². The summed E-state index contributed by atoms with van der Waals surface area (Å²) in [4.78, 5) is 22.5. The van der Waals surface area contributed by atoms with Crippen LogP contribution in [-0.2, 0) is 20.7 Å². The van der Waals surface area contributed by atoms with E-state index in [0.717, 1.165) is 5.56 Å². The average Bonchev–Trinajstić information content (AvgIpc) is 2.29. The van der Waals surface area contributed by atoms with Gasteiger partial charge in [0.1, 0.15) is 6.04 Å². The number of benzene rings is 1. The number of esters is 1. The number of hydrogen-bond acceptors (Lipinski definition) is 4. The minimum absolute atomic E-state index is 0.190. The molecule has 0 fully saturated rings. The highest BCUT2D eigenvalue weighted by Crippen LogP contribution is 2.04. The molecule has 17 heavy (non-hydrogen) atoms. The SMILES string of the molecule is CC(=O)[C@H](C)OC(=O)[C@@H](N)Cc1ccccc1. The van der Waals surface area contributed by atoms with Crippen LogP contribution >= 0.6 is 0 Å². The van der Waals surface area contributed by atoms with Crippen molar-refractivity contribution in [1.29, 1.82) is 0 Å². The molecule has 0 spiro atoms. The van der Waals surface area contributed by atoms with Crippen molar-refractivity contribution in [1.82, 2.24) is 0 Å². The number of nitrogens with two attached hydrogens (primary N) is 1. The van der Waals surface area contributed by atoms with Gasteiger partial charge in [-0.05, 0) is 25.8 Å². The molecule has 0 saturated carbocycles. The molecule has 4 nitrogen and oxygen atoms in total. The lowest BCUT2D eigenvalue weighted by Crippen LogP contribution is -2.37. The molecule has 4 heteroatoms. The van der Waals surface area contributed by atoms with Gasteiger partial charge in [-0.1, -0.05) is 30.3 Å². The summed E-state index contributed by atoms with van der Waals surface area (Å²) in [5, 5.41) is 0. The van der Waals surface area contributed by atoms with Gasteiger partial charge in [-0.3, -0.25) is 9.59 Å². The van der Waals surface area contributed by atoms with Gasteiger partial charge < -0.3 is 10.5 Å². The van der Waals surface area contributed by atoms with Crippen LogP contribution in [0.1, 0.15) is 19.4 Å². The number of rotatable bonds is 5. The Bertz CT molecular complexity index is 389. The van der Waals surface area contributed by atoms with Gasteiger partial charge in [-0.25, -0.2) is 0 Å². The highest BCUT2D eigenvalue weighted by atomic mass is 16.5. The van der Waals surface area contributed by atoms with Crippen LogP contribution < -0.4 is 5.73 Å². The molecule has 0 aromatic heterocycles. The average molecular weight is 235 g/mol. The Labute approximate surface area is 101 Å². The second-order valence-corrected chi connectivity index (χ2v) is 3.99. The lowest BCUT2D eigenvalue weighted by atomic mass is 10.1. The summed E-state index contributed by atoms with van der Waals surface area (Å²) in [6.07, 6.45) is -0.325. The van der Waals surface area contributed by atoms with E-state index in [4.69, 9.17) is 10.5 Å². The maximum Gasteiger partial charge on any atom is 0.323 e. The molecule has 2 atom stereocenters. The first kappa shape index (κ1) is 13.4. The summed E-state index contributed by atoms with van der Waals surface area (Å²) in [5.41, 5.74) is 6.68. The lowest BCUT2D eigenvalue weighted by molar-refractivity contribution is -0.154. The van der Waals surface area contributed by atoms with Crippen molar-refractivity contribution in [2.45, 2.75) is 32.4 Å². The van der Waals surface area contributed by atoms with Crippen LogP contribution in [0.4, 0.5) is 0 Å². The summed E-state index contributed by atoms with van der Waals surface area (Å²) in [5.74, 6) is -0.734. The molecule has 0 aliphatic carbocycles. The molecule has 0 amide bonds. The summed E-state index contributed by atoms with van der Waals surface area (Å²) in [6, 6.07) is 8.70. The highest BCUT2D eigenvalue weighted by molar-refractivity contribution is 5.84. The molecule has 2 N–H and O–H groups in total. The largest absolute Gasteiger partial charge is 0.454 e. The minimum atomic E-state index is -0.737. The number of ketones is 1. The Morgan fingerprint density at radius 1 is 1.29 bits per heavy atom. The van der Waals surface area contributed by atoms with E-state index < -0.39 is 18.1 Å². The Morgan fingerprint density at radius 3 is 2.41 bits per heavy atom. The van der Waals surface area contributed by atoms with Crippen LogP contribution in [0, 0.1) is 0 Å². The fraction of sp³-hybridized carbons (Fsp3) is 0.385. The normalized spacial score (nSPS) is 13.8. The van der Waals surface area contributed by atoms with Gasteiger partial charge in [0.2, 0.25) is 0 Å². The topological polar surface area (TPSA) is 69.4 Å². The van der Waals surface area contributed by atoms with Gasteiger partial charge in [0.15, 0.2) is 11.9 Å². The number of carbonyl (C=O) groups is 2. The Morgan fingerprint density at radius 2 is 1.88 bits per heavy atom. The number of ether oxygens (including phenoxy) is 1. The molecule has 1 aromatic carbocycles. The molecular formula is C13H17NO3. The third kappa shape index (κ3) is 4.36. The maximum atomic E-state index is 11.6. The van der Waals surface area contributed by atoms with E-state index in [2.05, 4.69) is 0 Å². The molecule has 0 aliphatic heterocycles. The Balaban J connectivity index is 2.50. The van der Waals surface area contributed by atoms with Gasteiger partial charge in [-0.2, -0.15) is 0 Å². The lowest BCUT2D eigenvalue weighted by Gasteiger charge is -2.14. The fourth-order valence-electron chi connectivity index (χ4n) is 1.30. The third-order valence-corrected chi connectivity index (χ3v) is 2.47. The smallest absolute Gasteiger partial charge is 0.323 e. The first-order valence-electron chi connectivity index (χ1n) is 5.51. The van der Waals surface area contributed by atoms with Crippen molar-refractivity contribution in [3.8, 4) is 0 Å². The minimum Gasteiger partial charge on any atom is -0.454 e. The highest BCUT2D eigenvalue weighted by Gasteiger charge is 2.20. The fourth-order valence-corrected chi connectivity index (χ4v) is 1.30.